The Morgan fingerprint density at radius 3 is 2.70 bits per heavy atom. The smallest absolute Gasteiger partial charge is 0.323 e. The summed E-state index contributed by atoms with van der Waals surface area (Å²) in [4.78, 5) is 27.7. The number of amides is 1. The number of nitrogen functional groups attached to an aromatic ring is 1. The minimum atomic E-state index is -0.0541. The predicted molar refractivity (Wildman–Crippen MR) is 74.5 cm³/mol. The van der Waals surface area contributed by atoms with Gasteiger partial charge in [-0.15, -0.1) is 0 Å². The molecule has 0 atom stereocenters. The summed E-state index contributed by atoms with van der Waals surface area (Å²) in [5, 5.41) is 0. The average Bonchev–Trinajstić information content (AvgIpc) is 2.50. The molecule has 0 spiro atoms. The third-order valence-electron chi connectivity index (χ3n) is 2.92. The van der Waals surface area contributed by atoms with Crippen molar-refractivity contribution in [2.75, 3.05) is 37.3 Å². The Balaban J connectivity index is 2.22. The average molecular weight is 280 g/mol. The van der Waals surface area contributed by atoms with E-state index in [0.29, 0.717) is 12.5 Å². The van der Waals surface area contributed by atoms with Crippen molar-refractivity contribution >= 4 is 17.8 Å². The topological polar surface area (TPSA) is 97.5 Å². The van der Waals surface area contributed by atoms with E-state index in [1.165, 1.54) is 0 Å². The van der Waals surface area contributed by atoms with Crippen LogP contribution in [-0.2, 0) is 4.79 Å². The molecule has 0 bridgehead atoms. The Labute approximate surface area is 118 Å². The van der Waals surface area contributed by atoms with Crippen LogP contribution in [0.15, 0.2) is 0 Å². The van der Waals surface area contributed by atoms with Gasteiger partial charge in [-0.2, -0.15) is 15.0 Å². The zero-order valence-electron chi connectivity index (χ0n) is 12.0. The van der Waals surface area contributed by atoms with Crippen molar-refractivity contribution in [3.8, 4) is 6.01 Å². The molecular weight excluding hydrogens is 260 g/mol. The molecule has 1 aliphatic heterocycles. The summed E-state index contributed by atoms with van der Waals surface area (Å²) < 4.78 is 5.44. The van der Waals surface area contributed by atoms with Gasteiger partial charge in [-0.05, 0) is 20.3 Å². The molecule has 2 heterocycles. The highest BCUT2D eigenvalue weighted by molar-refractivity contribution is 5.81. The molecule has 1 amide bonds. The minimum Gasteiger partial charge on any atom is -0.461 e. The Morgan fingerprint density at radius 1 is 1.25 bits per heavy atom. The molecule has 0 unspecified atom stereocenters. The monoisotopic (exact) mass is 280 g/mol. The first-order chi connectivity index (χ1) is 9.45. The second-order valence-corrected chi connectivity index (χ2v) is 5.03. The van der Waals surface area contributed by atoms with Crippen LogP contribution in [0.4, 0.5) is 11.9 Å². The molecule has 110 valence electrons. The van der Waals surface area contributed by atoms with Crippen LogP contribution in [0.3, 0.4) is 0 Å². The second-order valence-electron chi connectivity index (χ2n) is 5.03. The molecular formula is C12H20N6O2. The number of nitrogens with zero attached hydrogens (tertiary/aromatic N) is 5. The Hall–Kier alpha value is -2.12. The van der Waals surface area contributed by atoms with Crippen molar-refractivity contribution in [1.29, 1.82) is 0 Å². The number of likely N-dealkylation sites (N-methyl/N-ethyl adjacent to an activating group) is 1. The number of aromatic nitrogens is 3. The van der Waals surface area contributed by atoms with E-state index in [9.17, 15) is 4.79 Å². The quantitative estimate of drug-likeness (QED) is 0.826. The second kappa shape index (κ2) is 5.89. The Kier molecular flexibility index (Phi) is 4.21. The minimum absolute atomic E-state index is 0.0350. The fourth-order valence-electron chi connectivity index (χ4n) is 1.92. The maximum Gasteiger partial charge on any atom is 0.323 e. The van der Waals surface area contributed by atoms with E-state index in [1.807, 2.05) is 13.8 Å². The fraction of sp³-hybridized carbons (Fsp3) is 0.667. The summed E-state index contributed by atoms with van der Waals surface area (Å²) in [6.45, 7) is 5.42. The van der Waals surface area contributed by atoms with Gasteiger partial charge in [0, 0.05) is 20.1 Å². The van der Waals surface area contributed by atoms with Gasteiger partial charge in [0.2, 0.25) is 17.8 Å². The lowest BCUT2D eigenvalue weighted by molar-refractivity contribution is -0.127. The summed E-state index contributed by atoms with van der Waals surface area (Å²) in [7, 11) is 1.79. The van der Waals surface area contributed by atoms with Crippen LogP contribution in [0.5, 0.6) is 6.01 Å². The predicted octanol–water partition coefficient (Wildman–Crippen LogP) is -0.0905. The van der Waals surface area contributed by atoms with Gasteiger partial charge in [0.05, 0.1) is 12.6 Å². The lowest BCUT2D eigenvalue weighted by Crippen LogP contribution is -2.35. The first-order valence-corrected chi connectivity index (χ1v) is 6.63. The highest BCUT2D eigenvalue weighted by atomic mass is 16.5. The first-order valence-electron chi connectivity index (χ1n) is 6.63. The van der Waals surface area contributed by atoms with E-state index in [0.717, 1.165) is 13.0 Å². The van der Waals surface area contributed by atoms with Gasteiger partial charge >= 0.3 is 6.01 Å². The summed E-state index contributed by atoms with van der Waals surface area (Å²) in [5.41, 5.74) is 5.68. The van der Waals surface area contributed by atoms with Gasteiger partial charge in [-0.25, -0.2) is 0 Å². The molecule has 1 aromatic heterocycles. The zero-order valence-corrected chi connectivity index (χ0v) is 12.0. The Bertz CT molecular complexity index is 493. The zero-order chi connectivity index (χ0) is 14.7. The molecule has 2 N–H and O–H groups in total. The van der Waals surface area contributed by atoms with Crippen molar-refractivity contribution in [2.24, 2.45) is 0 Å². The molecule has 20 heavy (non-hydrogen) atoms. The fourth-order valence-corrected chi connectivity index (χ4v) is 1.92. The van der Waals surface area contributed by atoms with Crippen LogP contribution in [0, 0.1) is 0 Å². The number of ether oxygens (including phenoxy) is 1. The SMILES string of the molecule is CC(C)Oc1nc(N)nc(N2CCCN(C)C(=O)C2)n1. The van der Waals surface area contributed by atoms with Crippen molar-refractivity contribution in [3.63, 3.8) is 0 Å². The molecule has 0 saturated carbocycles. The number of carbonyl (C=O) groups is 1. The molecule has 8 nitrogen and oxygen atoms in total. The number of anilines is 2. The summed E-state index contributed by atoms with van der Waals surface area (Å²) in [5.74, 6) is 0.514. The van der Waals surface area contributed by atoms with E-state index in [2.05, 4.69) is 15.0 Å². The van der Waals surface area contributed by atoms with Gasteiger partial charge in [-0.1, -0.05) is 0 Å². The van der Waals surface area contributed by atoms with Crippen LogP contribution < -0.4 is 15.4 Å². The first kappa shape index (κ1) is 14.3. The van der Waals surface area contributed by atoms with Crippen LogP contribution in [0.1, 0.15) is 20.3 Å². The number of hydrogen-bond acceptors (Lipinski definition) is 7. The number of nitrogens with two attached hydrogens (primary N) is 1. The molecule has 1 fully saturated rings. The highest BCUT2D eigenvalue weighted by Gasteiger charge is 2.22. The summed E-state index contributed by atoms with van der Waals surface area (Å²) in [6.07, 6.45) is 0.801. The maximum atomic E-state index is 11.9. The molecule has 1 aromatic rings. The van der Waals surface area contributed by atoms with Crippen molar-refractivity contribution in [3.05, 3.63) is 0 Å². The van der Waals surface area contributed by atoms with Crippen molar-refractivity contribution in [1.82, 2.24) is 19.9 Å². The summed E-state index contributed by atoms with van der Waals surface area (Å²) in [6, 6.07) is 0.188. The third kappa shape index (κ3) is 3.46. The largest absolute Gasteiger partial charge is 0.461 e. The third-order valence-corrected chi connectivity index (χ3v) is 2.92. The van der Waals surface area contributed by atoms with Gasteiger partial charge in [-0.3, -0.25) is 4.79 Å². The van der Waals surface area contributed by atoms with Crippen LogP contribution >= 0.6 is 0 Å². The van der Waals surface area contributed by atoms with Gasteiger partial charge in [0.1, 0.15) is 0 Å². The standard InChI is InChI=1S/C12H20N6O2/c1-8(2)20-12-15-10(13)14-11(16-12)18-6-4-5-17(3)9(19)7-18/h8H,4-7H2,1-3H3,(H2,13,14,15,16). The number of hydrogen-bond donors (Lipinski definition) is 1. The molecule has 0 aliphatic carbocycles. The normalized spacial score (nSPS) is 16.5. The van der Waals surface area contributed by atoms with Crippen LogP contribution in [0.25, 0.3) is 0 Å². The number of carbonyl (C=O) groups excluding carboxylic acids is 1. The number of rotatable bonds is 3. The molecule has 0 aromatic carbocycles. The Morgan fingerprint density at radius 2 is 2.00 bits per heavy atom. The highest BCUT2D eigenvalue weighted by Crippen LogP contribution is 2.16. The van der Waals surface area contributed by atoms with E-state index >= 15 is 0 Å². The van der Waals surface area contributed by atoms with Crippen molar-refractivity contribution < 1.29 is 9.53 Å². The lowest BCUT2D eigenvalue weighted by Gasteiger charge is -2.20. The molecule has 8 heteroatoms. The molecule has 2 rings (SSSR count). The summed E-state index contributed by atoms with van der Waals surface area (Å²) >= 11 is 0. The van der Waals surface area contributed by atoms with E-state index < -0.39 is 0 Å². The van der Waals surface area contributed by atoms with Crippen molar-refractivity contribution in [2.45, 2.75) is 26.4 Å². The van der Waals surface area contributed by atoms with E-state index in [4.69, 9.17) is 10.5 Å². The van der Waals surface area contributed by atoms with E-state index in [1.54, 1.807) is 16.8 Å². The van der Waals surface area contributed by atoms with Gasteiger partial charge in [0.15, 0.2) is 0 Å². The van der Waals surface area contributed by atoms with Gasteiger partial charge in [0.25, 0.3) is 0 Å². The van der Waals surface area contributed by atoms with E-state index in [-0.39, 0.29) is 30.5 Å². The van der Waals surface area contributed by atoms with Crippen LogP contribution in [-0.4, -0.2) is 58.5 Å². The molecule has 0 radical (unpaired) electrons. The van der Waals surface area contributed by atoms with Gasteiger partial charge < -0.3 is 20.3 Å². The maximum absolute atomic E-state index is 11.9. The lowest BCUT2D eigenvalue weighted by atomic mass is 10.4. The van der Waals surface area contributed by atoms with Crippen LogP contribution in [0.2, 0.25) is 0 Å². The molecule has 1 saturated heterocycles. The molecule has 1 aliphatic rings.